The van der Waals surface area contributed by atoms with Crippen molar-refractivity contribution in [3.05, 3.63) is 24.3 Å². The van der Waals surface area contributed by atoms with Crippen molar-refractivity contribution in [1.82, 2.24) is 9.80 Å². The first-order valence-corrected chi connectivity index (χ1v) is 10.1. The van der Waals surface area contributed by atoms with Crippen molar-refractivity contribution in [1.29, 1.82) is 0 Å². The van der Waals surface area contributed by atoms with Crippen LogP contribution in [-0.2, 0) is 9.53 Å². The zero-order chi connectivity index (χ0) is 19.9. The molecule has 1 N–H and O–H groups in total. The Kier molecular flexibility index (Phi) is 4.95. The molecule has 7 heteroatoms. The van der Waals surface area contributed by atoms with Crippen LogP contribution < -0.4 is 10.1 Å². The Morgan fingerprint density at radius 3 is 2.29 bits per heavy atom. The van der Waals surface area contributed by atoms with Gasteiger partial charge in [0, 0.05) is 50.7 Å². The molecule has 152 valence electrons. The highest BCUT2D eigenvalue weighted by Gasteiger charge is 2.54. The fraction of sp³-hybridized carbons (Fsp3) is 0.619. The zero-order valence-corrected chi connectivity index (χ0v) is 16.8. The van der Waals surface area contributed by atoms with Gasteiger partial charge in [-0.1, -0.05) is 0 Å². The number of rotatable bonds is 4. The third-order valence-corrected chi connectivity index (χ3v) is 5.51. The Bertz CT molecular complexity index is 735. The van der Waals surface area contributed by atoms with Crippen molar-refractivity contribution in [2.24, 2.45) is 5.92 Å². The SMILES string of the molecule is CC(C)(C)OC(=O)N1CCC(Oc2ccc(NC(=O)C3CN4CC34)cc2)CC1. The average molecular weight is 387 g/mol. The number of benzene rings is 1. The van der Waals surface area contributed by atoms with Crippen molar-refractivity contribution >= 4 is 17.7 Å². The number of amides is 2. The Hall–Kier alpha value is -2.28. The van der Waals surface area contributed by atoms with Crippen molar-refractivity contribution in [2.45, 2.75) is 51.4 Å². The predicted molar refractivity (Wildman–Crippen MR) is 105 cm³/mol. The molecule has 3 saturated heterocycles. The van der Waals surface area contributed by atoms with E-state index in [2.05, 4.69) is 10.2 Å². The van der Waals surface area contributed by atoms with Crippen molar-refractivity contribution in [3.63, 3.8) is 0 Å². The van der Waals surface area contributed by atoms with E-state index in [1.54, 1.807) is 4.90 Å². The molecule has 3 atom stereocenters. The number of nitrogens with one attached hydrogen (secondary N) is 1. The van der Waals surface area contributed by atoms with Crippen LogP contribution in [0.15, 0.2) is 24.3 Å². The molecule has 4 rings (SSSR count). The smallest absolute Gasteiger partial charge is 0.410 e. The Labute approximate surface area is 166 Å². The lowest BCUT2D eigenvalue weighted by molar-refractivity contribution is -0.122. The Morgan fingerprint density at radius 1 is 1.07 bits per heavy atom. The number of piperidine rings is 1. The van der Waals surface area contributed by atoms with Crippen molar-refractivity contribution < 1.29 is 19.1 Å². The highest BCUT2D eigenvalue weighted by molar-refractivity contribution is 5.94. The van der Waals surface area contributed by atoms with Gasteiger partial charge in [-0.15, -0.1) is 0 Å². The molecule has 2 amide bonds. The van der Waals surface area contributed by atoms with E-state index >= 15 is 0 Å². The topological polar surface area (TPSA) is 70.9 Å². The maximum atomic E-state index is 12.2. The second kappa shape index (κ2) is 7.28. The highest BCUT2D eigenvalue weighted by atomic mass is 16.6. The van der Waals surface area contributed by atoms with Crippen LogP contribution in [0, 0.1) is 5.92 Å². The van der Waals surface area contributed by atoms with Gasteiger partial charge in [0.1, 0.15) is 17.5 Å². The molecule has 3 aliphatic rings. The van der Waals surface area contributed by atoms with Gasteiger partial charge in [-0.3, -0.25) is 9.69 Å². The fourth-order valence-corrected chi connectivity index (χ4v) is 3.81. The highest BCUT2D eigenvalue weighted by Crippen LogP contribution is 2.38. The van der Waals surface area contributed by atoms with Crippen LogP contribution in [0.5, 0.6) is 5.75 Å². The van der Waals surface area contributed by atoms with Crippen LogP contribution in [0.2, 0.25) is 0 Å². The third-order valence-electron chi connectivity index (χ3n) is 5.51. The molecule has 0 spiro atoms. The molecular weight excluding hydrogens is 358 g/mol. The molecule has 3 aliphatic heterocycles. The minimum Gasteiger partial charge on any atom is -0.490 e. The van der Waals surface area contributed by atoms with Crippen LogP contribution >= 0.6 is 0 Å². The summed E-state index contributed by atoms with van der Waals surface area (Å²) >= 11 is 0. The largest absolute Gasteiger partial charge is 0.490 e. The van der Waals surface area contributed by atoms with E-state index < -0.39 is 5.60 Å². The summed E-state index contributed by atoms with van der Waals surface area (Å²) in [5.74, 6) is 1.04. The number of ether oxygens (including phenoxy) is 2. The number of likely N-dealkylation sites (tertiary alicyclic amines) is 1. The molecule has 0 aliphatic carbocycles. The summed E-state index contributed by atoms with van der Waals surface area (Å²) < 4.78 is 11.5. The van der Waals surface area contributed by atoms with Crippen LogP contribution in [0.3, 0.4) is 0 Å². The van der Waals surface area contributed by atoms with Gasteiger partial charge in [-0.25, -0.2) is 4.79 Å². The molecule has 7 nitrogen and oxygen atoms in total. The summed E-state index contributed by atoms with van der Waals surface area (Å²) in [6.45, 7) is 8.84. The molecule has 1 aromatic carbocycles. The molecular formula is C21H29N3O4. The molecule has 1 aromatic rings. The number of hydrogen-bond acceptors (Lipinski definition) is 5. The van der Waals surface area contributed by atoms with Gasteiger partial charge in [0.25, 0.3) is 0 Å². The molecule has 0 aromatic heterocycles. The lowest BCUT2D eigenvalue weighted by atomic mass is 10.00. The first-order chi connectivity index (χ1) is 13.3. The van der Waals surface area contributed by atoms with E-state index in [1.807, 2.05) is 45.0 Å². The molecule has 3 heterocycles. The number of hydrogen-bond donors (Lipinski definition) is 1. The molecule has 28 heavy (non-hydrogen) atoms. The summed E-state index contributed by atoms with van der Waals surface area (Å²) in [5, 5.41) is 2.99. The second-order valence-electron chi connectivity index (χ2n) is 8.93. The van der Waals surface area contributed by atoms with E-state index in [0.29, 0.717) is 19.1 Å². The monoisotopic (exact) mass is 387 g/mol. The number of carbonyl (C=O) groups excluding carboxylic acids is 2. The normalized spacial score (nSPS) is 26.7. The number of nitrogens with zero attached hydrogens (tertiary/aromatic N) is 2. The quantitative estimate of drug-likeness (QED) is 0.805. The Balaban J connectivity index is 1.22. The number of fused-ring (bicyclic) bond motifs is 1. The first-order valence-electron chi connectivity index (χ1n) is 10.1. The Morgan fingerprint density at radius 2 is 1.75 bits per heavy atom. The van der Waals surface area contributed by atoms with Gasteiger partial charge in [0.2, 0.25) is 5.91 Å². The van der Waals surface area contributed by atoms with Gasteiger partial charge in [-0.2, -0.15) is 0 Å². The lowest BCUT2D eigenvalue weighted by Crippen LogP contribution is -2.44. The predicted octanol–water partition coefficient (Wildman–Crippen LogP) is 2.72. The summed E-state index contributed by atoms with van der Waals surface area (Å²) in [5.41, 5.74) is 0.328. The van der Waals surface area contributed by atoms with E-state index in [4.69, 9.17) is 9.47 Å². The summed E-state index contributed by atoms with van der Waals surface area (Å²) in [7, 11) is 0. The van der Waals surface area contributed by atoms with Crippen LogP contribution in [-0.4, -0.2) is 65.7 Å². The van der Waals surface area contributed by atoms with Gasteiger partial charge < -0.3 is 19.7 Å². The minimum absolute atomic E-state index is 0.0787. The van der Waals surface area contributed by atoms with Crippen LogP contribution in [0.25, 0.3) is 0 Å². The van der Waals surface area contributed by atoms with E-state index in [1.165, 1.54) is 0 Å². The zero-order valence-electron chi connectivity index (χ0n) is 16.8. The average Bonchev–Trinajstić information content (AvgIpc) is 3.25. The van der Waals surface area contributed by atoms with Crippen molar-refractivity contribution in [2.75, 3.05) is 31.5 Å². The van der Waals surface area contributed by atoms with Crippen molar-refractivity contribution in [3.8, 4) is 5.75 Å². The summed E-state index contributed by atoms with van der Waals surface area (Å²) in [6.07, 6.45) is 1.37. The summed E-state index contributed by atoms with van der Waals surface area (Å²) in [6, 6.07) is 8.02. The minimum atomic E-state index is -0.474. The molecule has 3 fully saturated rings. The van der Waals surface area contributed by atoms with Gasteiger partial charge in [0.05, 0.1) is 5.92 Å². The van der Waals surface area contributed by atoms with E-state index in [-0.39, 0.29) is 24.0 Å². The number of carbonyl (C=O) groups is 2. The first kappa shape index (κ1) is 19.1. The third kappa shape index (κ3) is 4.41. The van der Waals surface area contributed by atoms with Gasteiger partial charge in [-0.05, 0) is 45.0 Å². The standard InChI is InChI=1S/C21H29N3O4/c1-21(2,3)28-20(26)23-10-8-16(9-11-23)27-15-6-4-14(5-7-15)22-19(25)17-12-24-13-18(17)24/h4-7,16-18H,8-13H2,1-3H3,(H,22,25). The van der Waals surface area contributed by atoms with Crippen LogP contribution in [0.1, 0.15) is 33.6 Å². The maximum Gasteiger partial charge on any atom is 0.410 e. The molecule has 0 radical (unpaired) electrons. The molecule has 0 bridgehead atoms. The number of anilines is 1. The second-order valence-corrected chi connectivity index (χ2v) is 8.93. The van der Waals surface area contributed by atoms with Crippen LogP contribution in [0.4, 0.5) is 10.5 Å². The van der Waals surface area contributed by atoms with E-state index in [0.717, 1.165) is 37.4 Å². The molecule has 3 unspecified atom stereocenters. The van der Waals surface area contributed by atoms with Gasteiger partial charge >= 0.3 is 6.09 Å². The van der Waals surface area contributed by atoms with E-state index in [9.17, 15) is 9.59 Å². The lowest BCUT2D eigenvalue weighted by Gasteiger charge is -2.33. The van der Waals surface area contributed by atoms with Gasteiger partial charge in [0.15, 0.2) is 0 Å². The maximum absolute atomic E-state index is 12.2. The molecule has 0 saturated carbocycles. The fourth-order valence-electron chi connectivity index (χ4n) is 3.81. The summed E-state index contributed by atoms with van der Waals surface area (Å²) in [4.78, 5) is 28.3.